The van der Waals surface area contributed by atoms with E-state index in [-0.39, 0.29) is 12.3 Å². The minimum absolute atomic E-state index is 0.217. The van der Waals surface area contributed by atoms with E-state index in [4.69, 9.17) is 4.74 Å². The molecule has 3 nitrogen and oxygen atoms in total. The first-order valence-electron chi connectivity index (χ1n) is 7.34. The summed E-state index contributed by atoms with van der Waals surface area (Å²) in [7, 11) is 0. The van der Waals surface area contributed by atoms with Crippen LogP contribution >= 0.6 is 0 Å². The molecule has 2 aromatic carbocycles. The Morgan fingerprint density at radius 2 is 1.58 bits per heavy atom. The third-order valence-corrected chi connectivity index (χ3v) is 3.45. The lowest BCUT2D eigenvalue weighted by molar-refractivity contribution is -0.137. The zero-order chi connectivity index (χ0) is 17.9. The van der Waals surface area contributed by atoms with Crippen LogP contribution in [0.4, 0.5) is 18.9 Å². The third kappa shape index (κ3) is 4.50. The van der Waals surface area contributed by atoms with Crippen LogP contribution in [0.5, 0.6) is 5.75 Å². The number of hydrogen-bond acceptors (Lipinski definition) is 2. The van der Waals surface area contributed by atoms with Gasteiger partial charge in [-0.3, -0.25) is 4.79 Å². The summed E-state index contributed by atoms with van der Waals surface area (Å²) >= 11 is 0. The number of nitrogens with one attached hydrogen (secondary N) is 1. The molecule has 0 heterocycles. The van der Waals surface area contributed by atoms with Gasteiger partial charge in [-0.2, -0.15) is 13.2 Å². The fraction of sp³-hybridized carbons (Fsp3) is 0.278. The molecule has 0 aliphatic carbocycles. The van der Waals surface area contributed by atoms with Crippen molar-refractivity contribution in [2.24, 2.45) is 0 Å². The van der Waals surface area contributed by atoms with Gasteiger partial charge < -0.3 is 10.1 Å². The third-order valence-electron chi connectivity index (χ3n) is 3.45. The molecule has 2 rings (SSSR count). The zero-order valence-corrected chi connectivity index (χ0v) is 13.6. The number of ether oxygens (including phenoxy) is 1. The Balaban J connectivity index is 1.97. The van der Waals surface area contributed by atoms with E-state index in [1.54, 1.807) is 0 Å². The summed E-state index contributed by atoms with van der Waals surface area (Å²) in [6, 6.07) is 8.17. The summed E-state index contributed by atoms with van der Waals surface area (Å²) in [6.07, 6.45) is -4.40. The molecule has 0 bridgehead atoms. The fourth-order valence-corrected chi connectivity index (χ4v) is 2.47. The van der Waals surface area contributed by atoms with Crippen molar-refractivity contribution in [3.05, 3.63) is 58.7 Å². The van der Waals surface area contributed by atoms with E-state index >= 15 is 0 Å². The number of halogens is 3. The molecule has 1 amide bonds. The van der Waals surface area contributed by atoms with Gasteiger partial charge in [-0.05, 0) is 56.2 Å². The van der Waals surface area contributed by atoms with Gasteiger partial charge >= 0.3 is 6.18 Å². The Bertz CT molecular complexity index is 714. The summed E-state index contributed by atoms with van der Waals surface area (Å²) in [4.78, 5) is 11.9. The Morgan fingerprint density at radius 3 is 2.08 bits per heavy atom. The first kappa shape index (κ1) is 17.8. The van der Waals surface area contributed by atoms with Crippen LogP contribution in [0.15, 0.2) is 36.4 Å². The van der Waals surface area contributed by atoms with Crippen molar-refractivity contribution in [1.29, 1.82) is 0 Å². The van der Waals surface area contributed by atoms with Crippen molar-refractivity contribution >= 4 is 11.6 Å². The number of anilines is 1. The second kappa shape index (κ2) is 6.95. The van der Waals surface area contributed by atoms with Gasteiger partial charge in [-0.1, -0.05) is 17.7 Å². The zero-order valence-electron chi connectivity index (χ0n) is 13.6. The van der Waals surface area contributed by atoms with E-state index in [1.807, 2.05) is 32.9 Å². The van der Waals surface area contributed by atoms with E-state index in [0.717, 1.165) is 28.8 Å². The van der Waals surface area contributed by atoms with Crippen LogP contribution < -0.4 is 10.1 Å². The van der Waals surface area contributed by atoms with E-state index in [9.17, 15) is 18.0 Å². The maximum atomic E-state index is 12.5. The quantitative estimate of drug-likeness (QED) is 0.882. The molecule has 0 aromatic heterocycles. The lowest BCUT2D eigenvalue weighted by Crippen LogP contribution is -2.20. The Morgan fingerprint density at radius 1 is 1.04 bits per heavy atom. The summed E-state index contributed by atoms with van der Waals surface area (Å²) < 4.78 is 43.0. The maximum Gasteiger partial charge on any atom is 0.416 e. The predicted molar refractivity (Wildman–Crippen MR) is 86.2 cm³/mol. The second-order valence-electron chi connectivity index (χ2n) is 5.64. The smallest absolute Gasteiger partial charge is 0.416 e. The number of rotatable bonds is 4. The van der Waals surface area contributed by atoms with Crippen molar-refractivity contribution in [3.8, 4) is 5.75 Å². The highest BCUT2D eigenvalue weighted by Crippen LogP contribution is 2.30. The number of alkyl halides is 3. The number of amides is 1. The molecule has 0 aliphatic rings. The lowest BCUT2D eigenvalue weighted by atomic mass is 10.1. The number of carbonyl (C=O) groups excluding carboxylic acids is 1. The van der Waals surface area contributed by atoms with Crippen LogP contribution in [0.25, 0.3) is 0 Å². The first-order chi connectivity index (χ1) is 11.2. The molecule has 0 unspecified atom stereocenters. The van der Waals surface area contributed by atoms with Gasteiger partial charge in [-0.15, -0.1) is 0 Å². The molecular weight excluding hydrogens is 319 g/mol. The molecular formula is C18H18F3NO2. The van der Waals surface area contributed by atoms with Crippen LogP contribution in [0.1, 0.15) is 22.3 Å². The Kier molecular flexibility index (Phi) is 5.17. The maximum absolute atomic E-state index is 12.5. The Hall–Kier alpha value is -2.50. The predicted octanol–water partition coefficient (Wildman–Crippen LogP) is 4.65. The molecule has 24 heavy (non-hydrogen) atoms. The summed E-state index contributed by atoms with van der Waals surface area (Å²) in [6.45, 7) is 5.54. The minimum atomic E-state index is -4.40. The monoisotopic (exact) mass is 337 g/mol. The largest absolute Gasteiger partial charge is 0.483 e. The van der Waals surface area contributed by atoms with Crippen molar-refractivity contribution in [2.75, 3.05) is 11.9 Å². The fourth-order valence-electron chi connectivity index (χ4n) is 2.47. The molecule has 2 aromatic rings. The SMILES string of the molecule is Cc1cc(C)c(OCC(=O)Nc2ccc(C(F)(F)F)cc2)c(C)c1. The topological polar surface area (TPSA) is 38.3 Å². The number of carbonyl (C=O) groups is 1. The van der Waals surface area contributed by atoms with E-state index in [1.165, 1.54) is 12.1 Å². The number of aryl methyl sites for hydroxylation is 3. The summed E-state index contributed by atoms with van der Waals surface area (Å²) in [5.41, 5.74) is 2.48. The molecule has 1 N–H and O–H groups in total. The van der Waals surface area contributed by atoms with Crippen molar-refractivity contribution in [3.63, 3.8) is 0 Å². The van der Waals surface area contributed by atoms with Gasteiger partial charge in [0.1, 0.15) is 5.75 Å². The molecule has 0 aliphatic heterocycles. The van der Waals surface area contributed by atoms with Crippen LogP contribution in [0.2, 0.25) is 0 Å². The molecule has 0 fully saturated rings. The van der Waals surface area contributed by atoms with E-state index in [0.29, 0.717) is 5.75 Å². The number of benzene rings is 2. The van der Waals surface area contributed by atoms with Crippen LogP contribution in [-0.2, 0) is 11.0 Å². The average molecular weight is 337 g/mol. The molecule has 0 saturated carbocycles. The first-order valence-corrected chi connectivity index (χ1v) is 7.34. The van der Waals surface area contributed by atoms with Crippen molar-refractivity contribution in [1.82, 2.24) is 0 Å². The van der Waals surface area contributed by atoms with Crippen LogP contribution in [-0.4, -0.2) is 12.5 Å². The molecule has 0 atom stereocenters. The highest BCUT2D eigenvalue weighted by Gasteiger charge is 2.29. The van der Waals surface area contributed by atoms with Crippen molar-refractivity contribution < 1.29 is 22.7 Å². The van der Waals surface area contributed by atoms with Gasteiger partial charge in [0.05, 0.1) is 5.56 Å². The molecule has 0 radical (unpaired) electrons. The highest BCUT2D eigenvalue weighted by atomic mass is 19.4. The Labute approximate surface area is 138 Å². The molecule has 0 spiro atoms. The van der Waals surface area contributed by atoms with Gasteiger partial charge in [0.2, 0.25) is 0 Å². The summed E-state index contributed by atoms with van der Waals surface area (Å²) in [5.74, 6) is 0.206. The number of hydrogen-bond donors (Lipinski definition) is 1. The highest BCUT2D eigenvalue weighted by molar-refractivity contribution is 5.91. The van der Waals surface area contributed by atoms with Gasteiger partial charge in [-0.25, -0.2) is 0 Å². The van der Waals surface area contributed by atoms with Crippen molar-refractivity contribution in [2.45, 2.75) is 26.9 Å². The lowest BCUT2D eigenvalue weighted by Gasteiger charge is -2.13. The van der Waals surface area contributed by atoms with Crippen LogP contribution in [0, 0.1) is 20.8 Å². The average Bonchev–Trinajstić information content (AvgIpc) is 2.45. The van der Waals surface area contributed by atoms with E-state index < -0.39 is 17.6 Å². The summed E-state index contributed by atoms with van der Waals surface area (Å²) in [5, 5.41) is 2.51. The van der Waals surface area contributed by atoms with Gasteiger partial charge in [0.25, 0.3) is 5.91 Å². The standard InChI is InChI=1S/C18H18F3NO2/c1-11-8-12(2)17(13(3)9-11)24-10-16(23)22-15-6-4-14(5-7-15)18(19,20)21/h4-9H,10H2,1-3H3,(H,22,23). The minimum Gasteiger partial charge on any atom is -0.483 e. The molecule has 0 saturated heterocycles. The van der Waals surface area contributed by atoms with Crippen LogP contribution in [0.3, 0.4) is 0 Å². The normalized spacial score (nSPS) is 11.2. The van der Waals surface area contributed by atoms with Gasteiger partial charge in [0, 0.05) is 5.69 Å². The van der Waals surface area contributed by atoms with E-state index in [2.05, 4.69) is 5.32 Å². The second-order valence-corrected chi connectivity index (χ2v) is 5.64. The molecule has 6 heteroatoms. The molecule has 128 valence electrons. The van der Waals surface area contributed by atoms with Gasteiger partial charge in [0.15, 0.2) is 6.61 Å².